The number of allylic oxidation sites excluding steroid dienone is 2. The molecule has 0 heterocycles. The molecule has 0 saturated heterocycles. The van der Waals surface area contributed by atoms with E-state index in [0.717, 1.165) is 22.3 Å². The van der Waals surface area contributed by atoms with Gasteiger partial charge in [-0.15, -0.1) is 0 Å². The van der Waals surface area contributed by atoms with E-state index in [0.29, 0.717) is 16.8 Å². The summed E-state index contributed by atoms with van der Waals surface area (Å²) in [5.41, 5.74) is 11.3. The minimum absolute atomic E-state index is 0.124. The van der Waals surface area contributed by atoms with Gasteiger partial charge < -0.3 is 10.8 Å². The van der Waals surface area contributed by atoms with Gasteiger partial charge in [-0.3, -0.25) is 4.79 Å². The first-order valence-electron chi connectivity index (χ1n) is 7.25. The van der Waals surface area contributed by atoms with Crippen LogP contribution in [-0.4, -0.2) is 11.1 Å². The van der Waals surface area contributed by atoms with Gasteiger partial charge in [0, 0.05) is 5.69 Å². The normalized spacial score (nSPS) is 15.1. The maximum atomic E-state index is 13.6. The number of nitrogen functional groups attached to an aromatic ring is 1. The Morgan fingerprint density at radius 2 is 1.87 bits per heavy atom. The second-order valence-corrected chi connectivity index (χ2v) is 5.59. The second kappa shape index (κ2) is 5.72. The van der Waals surface area contributed by atoms with Gasteiger partial charge in [0.1, 0.15) is 5.82 Å². The zero-order chi connectivity index (χ0) is 16.6. The summed E-state index contributed by atoms with van der Waals surface area (Å²) in [5, 5.41) is 9.13. The predicted molar refractivity (Wildman–Crippen MR) is 90.0 cm³/mol. The van der Waals surface area contributed by atoms with Crippen molar-refractivity contribution in [2.24, 2.45) is 0 Å². The summed E-state index contributed by atoms with van der Waals surface area (Å²) in [6.45, 7) is 1.87. The number of carbonyl (C=O) groups is 1. The summed E-state index contributed by atoms with van der Waals surface area (Å²) in [5.74, 6) is -1.29. The van der Waals surface area contributed by atoms with E-state index < -0.39 is 5.97 Å². The molecule has 23 heavy (non-hydrogen) atoms. The third-order valence-corrected chi connectivity index (χ3v) is 4.03. The lowest BCUT2D eigenvalue weighted by molar-refractivity contribution is -0.135. The number of fused-ring (bicyclic) bond motifs is 1. The molecule has 0 unspecified atom stereocenters. The van der Waals surface area contributed by atoms with Crippen molar-refractivity contribution < 1.29 is 14.3 Å². The van der Waals surface area contributed by atoms with Crippen molar-refractivity contribution in [1.29, 1.82) is 0 Å². The smallest absolute Gasteiger partial charge is 0.307 e. The number of halogens is 1. The Morgan fingerprint density at radius 1 is 1.17 bits per heavy atom. The molecule has 4 heteroatoms. The lowest BCUT2D eigenvalue weighted by Gasteiger charge is -2.04. The van der Waals surface area contributed by atoms with Gasteiger partial charge in [0.2, 0.25) is 0 Å². The number of anilines is 1. The fraction of sp³-hybridized carbons (Fsp3) is 0.105. The van der Waals surface area contributed by atoms with Gasteiger partial charge in [-0.25, -0.2) is 4.39 Å². The summed E-state index contributed by atoms with van der Waals surface area (Å²) >= 11 is 0. The van der Waals surface area contributed by atoms with Crippen LogP contribution in [0.15, 0.2) is 48.0 Å². The van der Waals surface area contributed by atoms with E-state index in [1.165, 1.54) is 12.1 Å². The van der Waals surface area contributed by atoms with Crippen LogP contribution in [-0.2, 0) is 4.79 Å². The van der Waals surface area contributed by atoms with Gasteiger partial charge in [-0.1, -0.05) is 18.2 Å². The van der Waals surface area contributed by atoms with Crippen molar-refractivity contribution in [3.63, 3.8) is 0 Å². The zero-order valence-electron chi connectivity index (χ0n) is 12.6. The van der Waals surface area contributed by atoms with Crippen molar-refractivity contribution in [3.05, 3.63) is 70.5 Å². The molecule has 0 saturated carbocycles. The number of benzene rings is 2. The van der Waals surface area contributed by atoms with Crippen LogP contribution in [0.5, 0.6) is 0 Å². The Bertz CT molecular complexity index is 848. The highest BCUT2D eigenvalue weighted by Gasteiger charge is 2.25. The highest BCUT2D eigenvalue weighted by atomic mass is 19.1. The molecule has 2 aromatic carbocycles. The molecule has 3 N–H and O–H groups in total. The topological polar surface area (TPSA) is 63.3 Å². The van der Waals surface area contributed by atoms with E-state index in [4.69, 9.17) is 10.8 Å². The van der Waals surface area contributed by atoms with E-state index in [1.807, 2.05) is 37.3 Å². The highest BCUT2D eigenvalue weighted by molar-refractivity contribution is 6.07. The monoisotopic (exact) mass is 309 g/mol. The van der Waals surface area contributed by atoms with Gasteiger partial charge in [-0.05, 0) is 70.7 Å². The number of aliphatic carboxylic acids is 1. The van der Waals surface area contributed by atoms with Crippen LogP contribution >= 0.6 is 0 Å². The highest BCUT2D eigenvalue weighted by Crippen LogP contribution is 2.43. The van der Waals surface area contributed by atoms with Gasteiger partial charge >= 0.3 is 5.97 Å². The number of hydrogen-bond donors (Lipinski definition) is 2. The summed E-state index contributed by atoms with van der Waals surface area (Å²) in [4.78, 5) is 11.1. The summed E-state index contributed by atoms with van der Waals surface area (Å²) in [6.07, 6.45) is 1.85. The molecule has 1 aliphatic rings. The van der Waals surface area contributed by atoms with Crippen molar-refractivity contribution in [2.75, 3.05) is 5.73 Å². The molecule has 0 aliphatic heterocycles. The first-order valence-corrected chi connectivity index (χ1v) is 7.25. The van der Waals surface area contributed by atoms with E-state index >= 15 is 0 Å². The molecule has 0 amide bonds. The van der Waals surface area contributed by atoms with Crippen LogP contribution < -0.4 is 5.73 Å². The molecule has 2 aromatic rings. The van der Waals surface area contributed by atoms with Gasteiger partial charge in [0.25, 0.3) is 0 Å². The minimum Gasteiger partial charge on any atom is -0.481 e. The van der Waals surface area contributed by atoms with Crippen LogP contribution in [0.3, 0.4) is 0 Å². The summed E-state index contributed by atoms with van der Waals surface area (Å²) in [6, 6.07) is 11.9. The second-order valence-electron chi connectivity index (χ2n) is 5.59. The van der Waals surface area contributed by atoms with Gasteiger partial charge in [-0.2, -0.15) is 0 Å². The van der Waals surface area contributed by atoms with Crippen molar-refractivity contribution in [3.8, 4) is 0 Å². The molecule has 0 atom stereocenters. The van der Waals surface area contributed by atoms with Crippen molar-refractivity contribution in [1.82, 2.24) is 0 Å². The third-order valence-electron chi connectivity index (χ3n) is 4.03. The number of carboxylic acids is 1. The maximum absolute atomic E-state index is 13.6. The van der Waals surface area contributed by atoms with E-state index in [9.17, 15) is 9.18 Å². The SMILES string of the molecule is CC1=C(CC(=O)O)c2cc(F)ccc2C1=Cc1ccc(N)cc1. The maximum Gasteiger partial charge on any atom is 0.307 e. The quantitative estimate of drug-likeness (QED) is 0.835. The Kier molecular flexibility index (Phi) is 3.74. The number of carboxylic acid groups (broad SMARTS) is 1. The standard InChI is InChI=1S/C19H16FNO2/c1-11-16(8-12-2-5-14(21)6-3-12)15-7-4-13(20)9-18(15)17(11)10-19(22)23/h2-9H,10,21H2,1H3,(H,22,23). The lowest BCUT2D eigenvalue weighted by atomic mass is 10.0. The van der Waals surface area contributed by atoms with Crippen molar-refractivity contribution in [2.45, 2.75) is 13.3 Å². The number of hydrogen-bond acceptors (Lipinski definition) is 2. The Balaban J connectivity index is 2.15. The fourth-order valence-corrected chi connectivity index (χ4v) is 2.89. The molecular weight excluding hydrogens is 293 g/mol. The first-order chi connectivity index (χ1) is 11.0. The zero-order valence-corrected chi connectivity index (χ0v) is 12.6. The fourth-order valence-electron chi connectivity index (χ4n) is 2.89. The van der Waals surface area contributed by atoms with Crippen molar-refractivity contribution >= 4 is 28.9 Å². The van der Waals surface area contributed by atoms with E-state index in [1.54, 1.807) is 6.07 Å². The molecular formula is C19H16FNO2. The molecule has 0 radical (unpaired) electrons. The van der Waals surface area contributed by atoms with Gasteiger partial charge in [0.05, 0.1) is 6.42 Å². The first kappa shape index (κ1) is 15.0. The van der Waals surface area contributed by atoms with Crippen LogP contribution in [0, 0.1) is 5.82 Å². The molecule has 3 nitrogen and oxygen atoms in total. The Morgan fingerprint density at radius 3 is 2.52 bits per heavy atom. The Hall–Kier alpha value is -2.88. The molecule has 3 rings (SSSR count). The van der Waals surface area contributed by atoms with E-state index in [2.05, 4.69) is 0 Å². The Labute approximate surface area is 133 Å². The molecule has 0 spiro atoms. The molecule has 0 fully saturated rings. The predicted octanol–water partition coefficient (Wildman–Crippen LogP) is 4.21. The number of nitrogens with two attached hydrogens (primary N) is 1. The average molecular weight is 309 g/mol. The van der Waals surface area contributed by atoms with Crippen LogP contribution in [0.4, 0.5) is 10.1 Å². The molecule has 116 valence electrons. The van der Waals surface area contributed by atoms with Crippen LogP contribution in [0.1, 0.15) is 30.0 Å². The van der Waals surface area contributed by atoms with Crippen LogP contribution in [0.2, 0.25) is 0 Å². The molecule has 1 aliphatic carbocycles. The van der Waals surface area contributed by atoms with Gasteiger partial charge in [0.15, 0.2) is 0 Å². The number of rotatable bonds is 3. The summed E-state index contributed by atoms with van der Waals surface area (Å²) in [7, 11) is 0. The molecule has 0 aromatic heterocycles. The average Bonchev–Trinajstić information content (AvgIpc) is 2.74. The minimum atomic E-state index is -0.928. The largest absolute Gasteiger partial charge is 0.481 e. The lowest BCUT2D eigenvalue weighted by Crippen LogP contribution is -1.97. The van der Waals surface area contributed by atoms with Crippen LogP contribution in [0.25, 0.3) is 17.2 Å². The van der Waals surface area contributed by atoms with E-state index in [-0.39, 0.29) is 12.2 Å². The third kappa shape index (κ3) is 2.88. The molecule has 0 bridgehead atoms. The summed E-state index contributed by atoms with van der Waals surface area (Å²) < 4.78 is 13.6.